The summed E-state index contributed by atoms with van der Waals surface area (Å²) >= 11 is 0. The molecule has 4 aromatic carbocycles. The quantitative estimate of drug-likeness (QED) is 0.250. The van der Waals surface area contributed by atoms with Gasteiger partial charge < -0.3 is 15.2 Å². The molecular formula is C32H32N2O3. The Kier molecular flexibility index (Phi) is 6.94. The largest absolute Gasteiger partial charge is 0.375 e. The molecule has 1 aliphatic rings. The minimum Gasteiger partial charge on any atom is -0.375 e. The van der Waals surface area contributed by atoms with Crippen LogP contribution in [-0.4, -0.2) is 34.3 Å². The first-order chi connectivity index (χ1) is 18.0. The standard InChI is InChI=1S/C32H32N2O3/c1-31(2)30(36)34(29(23-35)37-31)22-24-14-12-13-21-28(24)33-32(25-15-6-3-7-16-25,26-17-8-4-9-18-26)27-19-10-5-11-20-27/h3-21,23,29-30,33,36H,22H2,1-2H3. The van der Waals surface area contributed by atoms with Crippen LogP contribution in [0.4, 0.5) is 5.69 Å². The van der Waals surface area contributed by atoms with Crippen molar-refractivity contribution < 1.29 is 14.6 Å². The van der Waals surface area contributed by atoms with Crippen molar-refractivity contribution >= 4 is 12.0 Å². The highest BCUT2D eigenvalue weighted by Crippen LogP contribution is 2.41. The van der Waals surface area contributed by atoms with Gasteiger partial charge in [-0.3, -0.25) is 4.79 Å². The highest BCUT2D eigenvalue weighted by molar-refractivity contribution is 5.63. The van der Waals surface area contributed by atoms with Crippen molar-refractivity contribution in [2.24, 2.45) is 0 Å². The maximum atomic E-state index is 11.8. The first kappa shape index (κ1) is 24.9. The molecule has 5 heteroatoms. The average molecular weight is 493 g/mol. The number of anilines is 1. The molecule has 4 aromatic rings. The molecule has 0 aliphatic carbocycles. The second kappa shape index (κ2) is 10.3. The number of carbonyl (C=O) groups is 1. The lowest BCUT2D eigenvalue weighted by Gasteiger charge is -2.39. The van der Waals surface area contributed by atoms with Crippen molar-refractivity contribution in [2.45, 2.75) is 44.0 Å². The molecular weight excluding hydrogens is 460 g/mol. The average Bonchev–Trinajstić information content (AvgIpc) is 3.17. The summed E-state index contributed by atoms with van der Waals surface area (Å²) in [7, 11) is 0. The van der Waals surface area contributed by atoms with E-state index in [0.717, 1.165) is 34.2 Å². The molecule has 0 bridgehead atoms. The number of nitrogens with one attached hydrogen (secondary N) is 1. The van der Waals surface area contributed by atoms with Crippen LogP contribution in [0.3, 0.4) is 0 Å². The molecule has 2 N–H and O–H groups in total. The third kappa shape index (κ3) is 4.69. The molecule has 1 saturated heterocycles. The Labute approximate surface area is 218 Å². The Morgan fingerprint density at radius 1 is 0.811 bits per heavy atom. The number of nitrogens with zero attached hydrogens (tertiary/aromatic N) is 1. The monoisotopic (exact) mass is 492 g/mol. The van der Waals surface area contributed by atoms with Crippen molar-refractivity contribution in [3.63, 3.8) is 0 Å². The zero-order valence-corrected chi connectivity index (χ0v) is 21.1. The van der Waals surface area contributed by atoms with Crippen LogP contribution in [0.25, 0.3) is 0 Å². The van der Waals surface area contributed by atoms with Crippen LogP contribution in [0.2, 0.25) is 0 Å². The van der Waals surface area contributed by atoms with Crippen molar-refractivity contribution in [2.75, 3.05) is 5.32 Å². The fraction of sp³-hybridized carbons (Fsp3) is 0.219. The van der Waals surface area contributed by atoms with Gasteiger partial charge in [-0.1, -0.05) is 109 Å². The zero-order valence-electron chi connectivity index (χ0n) is 21.1. The number of benzene rings is 4. The predicted molar refractivity (Wildman–Crippen MR) is 146 cm³/mol. The van der Waals surface area contributed by atoms with E-state index in [9.17, 15) is 9.90 Å². The van der Waals surface area contributed by atoms with Gasteiger partial charge in [0.25, 0.3) is 0 Å². The van der Waals surface area contributed by atoms with Crippen LogP contribution in [0.1, 0.15) is 36.1 Å². The van der Waals surface area contributed by atoms with E-state index in [-0.39, 0.29) is 0 Å². The summed E-state index contributed by atoms with van der Waals surface area (Å²) in [4.78, 5) is 13.5. The predicted octanol–water partition coefficient (Wildman–Crippen LogP) is 5.54. The normalized spacial score (nSPS) is 19.4. The number of carbonyl (C=O) groups excluding carboxylic acids is 1. The van der Waals surface area contributed by atoms with E-state index in [1.54, 1.807) is 18.7 Å². The molecule has 5 rings (SSSR count). The molecule has 2 atom stereocenters. The number of hydrogen-bond acceptors (Lipinski definition) is 5. The van der Waals surface area contributed by atoms with Crippen molar-refractivity contribution in [3.05, 3.63) is 138 Å². The van der Waals surface area contributed by atoms with Gasteiger partial charge in [0, 0.05) is 12.2 Å². The lowest BCUT2D eigenvalue weighted by Crippen LogP contribution is -2.42. The number of ether oxygens (including phenoxy) is 1. The van der Waals surface area contributed by atoms with E-state index >= 15 is 0 Å². The van der Waals surface area contributed by atoms with Gasteiger partial charge in [-0.2, -0.15) is 0 Å². The Hall–Kier alpha value is -3.77. The number of aliphatic hydroxyl groups excluding tert-OH is 1. The van der Waals surface area contributed by atoms with Crippen molar-refractivity contribution in [1.29, 1.82) is 0 Å². The van der Waals surface area contributed by atoms with Crippen molar-refractivity contribution in [1.82, 2.24) is 4.90 Å². The second-order valence-corrected chi connectivity index (χ2v) is 9.92. The SMILES string of the molecule is CC1(C)OC(C=O)N(Cc2ccccc2NC(c2ccccc2)(c2ccccc2)c2ccccc2)C1O. The Bertz CT molecular complexity index is 1230. The second-order valence-electron chi connectivity index (χ2n) is 9.92. The van der Waals surface area contributed by atoms with Crippen LogP contribution in [0.15, 0.2) is 115 Å². The summed E-state index contributed by atoms with van der Waals surface area (Å²) in [6.07, 6.45) is -0.992. The summed E-state index contributed by atoms with van der Waals surface area (Å²) in [5.41, 5.74) is 3.59. The van der Waals surface area contributed by atoms with E-state index in [0.29, 0.717) is 6.54 Å². The van der Waals surface area contributed by atoms with Gasteiger partial charge in [-0.25, -0.2) is 4.90 Å². The molecule has 1 heterocycles. The minimum absolute atomic E-state index is 0.339. The maximum Gasteiger partial charge on any atom is 0.170 e. The molecule has 0 radical (unpaired) electrons. The number of hydrogen-bond donors (Lipinski definition) is 2. The van der Waals surface area contributed by atoms with E-state index in [2.05, 4.69) is 78.1 Å². The maximum absolute atomic E-state index is 11.8. The van der Waals surface area contributed by atoms with E-state index in [4.69, 9.17) is 4.74 Å². The fourth-order valence-corrected chi connectivity index (χ4v) is 5.22. The topological polar surface area (TPSA) is 61.8 Å². The number of aldehydes is 1. The third-order valence-electron chi connectivity index (χ3n) is 7.12. The molecule has 1 fully saturated rings. The zero-order chi connectivity index (χ0) is 25.9. The smallest absolute Gasteiger partial charge is 0.170 e. The van der Waals surface area contributed by atoms with Gasteiger partial charge >= 0.3 is 0 Å². The van der Waals surface area contributed by atoms with Crippen LogP contribution >= 0.6 is 0 Å². The number of para-hydroxylation sites is 1. The Morgan fingerprint density at radius 2 is 1.27 bits per heavy atom. The summed E-state index contributed by atoms with van der Waals surface area (Å²) in [6.45, 7) is 3.93. The Morgan fingerprint density at radius 3 is 1.76 bits per heavy atom. The Balaban J connectivity index is 1.64. The number of rotatable bonds is 8. The molecule has 0 spiro atoms. The summed E-state index contributed by atoms with van der Waals surface area (Å²) in [5.74, 6) is 0. The lowest BCUT2D eigenvalue weighted by atomic mass is 9.76. The van der Waals surface area contributed by atoms with Gasteiger partial charge in [0.05, 0.1) is 0 Å². The molecule has 0 saturated carbocycles. The highest BCUT2D eigenvalue weighted by Gasteiger charge is 2.47. The number of aliphatic hydroxyl groups is 1. The van der Waals surface area contributed by atoms with Crippen LogP contribution in [-0.2, 0) is 21.6 Å². The van der Waals surface area contributed by atoms with Gasteiger partial charge in [0.2, 0.25) is 0 Å². The van der Waals surface area contributed by atoms with E-state index in [1.807, 2.05) is 42.5 Å². The molecule has 37 heavy (non-hydrogen) atoms. The lowest BCUT2D eigenvalue weighted by molar-refractivity contribution is -0.127. The molecule has 188 valence electrons. The molecule has 5 nitrogen and oxygen atoms in total. The van der Waals surface area contributed by atoms with Crippen LogP contribution < -0.4 is 5.32 Å². The fourth-order valence-electron chi connectivity index (χ4n) is 5.22. The minimum atomic E-state index is -0.919. The summed E-state index contributed by atoms with van der Waals surface area (Å²) in [5, 5.41) is 14.9. The third-order valence-corrected chi connectivity index (χ3v) is 7.12. The summed E-state index contributed by atoms with van der Waals surface area (Å²) < 4.78 is 5.83. The van der Waals surface area contributed by atoms with Gasteiger partial charge in [0.1, 0.15) is 17.4 Å². The van der Waals surface area contributed by atoms with Crippen molar-refractivity contribution in [3.8, 4) is 0 Å². The summed E-state index contributed by atoms with van der Waals surface area (Å²) in [6, 6.07) is 39.2. The van der Waals surface area contributed by atoms with Gasteiger partial charge in [-0.05, 0) is 42.2 Å². The first-order valence-corrected chi connectivity index (χ1v) is 12.6. The molecule has 0 amide bonds. The van der Waals surface area contributed by atoms with E-state index < -0.39 is 23.6 Å². The van der Waals surface area contributed by atoms with Gasteiger partial charge in [0.15, 0.2) is 12.5 Å². The first-order valence-electron chi connectivity index (χ1n) is 12.6. The highest BCUT2D eigenvalue weighted by atomic mass is 16.6. The molecule has 1 aliphatic heterocycles. The molecule has 0 aromatic heterocycles. The van der Waals surface area contributed by atoms with Gasteiger partial charge in [-0.15, -0.1) is 0 Å². The molecule has 2 unspecified atom stereocenters. The van der Waals surface area contributed by atoms with Crippen LogP contribution in [0.5, 0.6) is 0 Å². The van der Waals surface area contributed by atoms with Crippen LogP contribution in [0, 0.1) is 0 Å². The van der Waals surface area contributed by atoms with E-state index in [1.165, 1.54) is 0 Å².